The van der Waals surface area contributed by atoms with E-state index < -0.39 is 0 Å². The van der Waals surface area contributed by atoms with Gasteiger partial charge in [0.25, 0.3) is 0 Å². The van der Waals surface area contributed by atoms with Crippen molar-refractivity contribution >= 4 is 0 Å². The van der Waals surface area contributed by atoms with Gasteiger partial charge >= 0.3 is 0 Å². The highest BCUT2D eigenvalue weighted by molar-refractivity contribution is 5.30. The van der Waals surface area contributed by atoms with Crippen LogP contribution in [-0.2, 0) is 0 Å². The molecule has 0 spiro atoms. The van der Waals surface area contributed by atoms with E-state index >= 15 is 0 Å². The van der Waals surface area contributed by atoms with Crippen LogP contribution >= 0.6 is 0 Å². The van der Waals surface area contributed by atoms with Gasteiger partial charge in [0.05, 0.1) is 0 Å². The van der Waals surface area contributed by atoms with Crippen molar-refractivity contribution in [2.75, 3.05) is 19.6 Å². The number of nitrogens with two attached hydrogens (primary N) is 1. The number of nitrogens with zero attached hydrogens (tertiary/aromatic N) is 1. The van der Waals surface area contributed by atoms with Gasteiger partial charge in [0, 0.05) is 12.6 Å². The Morgan fingerprint density at radius 2 is 1.85 bits per heavy atom. The van der Waals surface area contributed by atoms with E-state index in [2.05, 4.69) is 43.9 Å². The lowest BCUT2D eigenvalue weighted by atomic mass is 9.85. The Labute approximate surface area is 124 Å². The topological polar surface area (TPSA) is 29.3 Å². The Balaban J connectivity index is 1.84. The van der Waals surface area contributed by atoms with E-state index in [4.69, 9.17) is 5.73 Å². The molecule has 1 saturated carbocycles. The molecule has 0 amide bonds. The van der Waals surface area contributed by atoms with Gasteiger partial charge in [-0.1, -0.05) is 42.7 Å². The Morgan fingerprint density at radius 1 is 1.20 bits per heavy atom. The molecular formula is C18H30N2. The molecule has 1 fully saturated rings. The van der Waals surface area contributed by atoms with Crippen molar-refractivity contribution in [1.82, 2.24) is 4.90 Å². The predicted molar refractivity (Wildman–Crippen MR) is 86.9 cm³/mol. The van der Waals surface area contributed by atoms with Gasteiger partial charge in [-0.15, -0.1) is 0 Å². The summed E-state index contributed by atoms with van der Waals surface area (Å²) < 4.78 is 0. The molecule has 0 radical (unpaired) electrons. The summed E-state index contributed by atoms with van der Waals surface area (Å²) in [5.74, 6) is 0.951. The summed E-state index contributed by atoms with van der Waals surface area (Å²) in [6, 6.07) is 6.86. The third kappa shape index (κ3) is 4.32. The maximum atomic E-state index is 6.39. The summed E-state index contributed by atoms with van der Waals surface area (Å²) in [5.41, 5.74) is 10.3. The molecule has 1 unspecified atom stereocenters. The van der Waals surface area contributed by atoms with Crippen molar-refractivity contribution in [3.05, 3.63) is 34.9 Å². The van der Waals surface area contributed by atoms with Crippen LogP contribution in [0.15, 0.2) is 18.2 Å². The van der Waals surface area contributed by atoms with Crippen molar-refractivity contribution in [3.8, 4) is 0 Å². The summed E-state index contributed by atoms with van der Waals surface area (Å²) in [6.45, 7) is 10.1. The van der Waals surface area contributed by atoms with Gasteiger partial charge in [-0.2, -0.15) is 0 Å². The fraction of sp³-hybridized carbons (Fsp3) is 0.667. The first-order valence-electron chi connectivity index (χ1n) is 8.14. The first-order valence-corrected chi connectivity index (χ1v) is 8.14. The Morgan fingerprint density at radius 3 is 2.35 bits per heavy atom. The summed E-state index contributed by atoms with van der Waals surface area (Å²) >= 11 is 0. The largest absolute Gasteiger partial charge is 0.324 e. The molecule has 2 nitrogen and oxygen atoms in total. The van der Waals surface area contributed by atoms with Crippen LogP contribution < -0.4 is 5.73 Å². The molecule has 0 aliphatic heterocycles. The van der Waals surface area contributed by atoms with E-state index in [0.29, 0.717) is 0 Å². The van der Waals surface area contributed by atoms with Crippen LogP contribution in [0.25, 0.3) is 0 Å². The minimum absolute atomic E-state index is 0.170. The van der Waals surface area contributed by atoms with Gasteiger partial charge in [0.2, 0.25) is 0 Å². The number of aryl methyl sites for hydroxylation is 2. The third-order valence-electron chi connectivity index (χ3n) is 4.62. The Kier molecular flexibility index (Phi) is 5.62. The van der Waals surface area contributed by atoms with Gasteiger partial charge < -0.3 is 10.6 Å². The quantitative estimate of drug-likeness (QED) is 0.819. The van der Waals surface area contributed by atoms with Gasteiger partial charge in [-0.25, -0.2) is 0 Å². The van der Waals surface area contributed by atoms with E-state index in [0.717, 1.165) is 25.4 Å². The molecule has 20 heavy (non-hydrogen) atoms. The SMILES string of the molecule is CCN(CCC(N)c1cc(C)cc(C)c1)CC1CCC1. The van der Waals surface area contributed by atoms with Crippen molar-refractivity contribution in [3.63, 3.8) is 0 Å². The molecule has 2 heteroatoms. The minimum Gasteiger partial charge on any atom is -0.324 e. The number of hydrogen-bond acceptors (Lipinski definition) is 2. The zero-order valence-electron chi connectivity index (χ0n) is 13.4. The zero-order chi connectivity index (χ0) is 14.5. The molecule has 112 valence electrons. The summed E-state index contributed by atoms with van der Waals surface area (Å²) in [4.78, 5) is 2.58. The summed E-state index contributed by atoms with van der Waals surface area (Å²) in [7, 11) is 0. The minimum atomic E-state index is 0.170. The van der Waals surface area contributed by atoms with Crippen molar-refractivity contribution in [2.45, 2.75) is 52.5 Å². The normalized spacial score (nSPS) is 17.2. The Hall–Kier alpha value is -0.860. The van der Waals surface area contributed by atoms with Gasteiger partial charge in [0.1, 0.15) is 0 Å². The van der Waals surface area contributed by atoms with Crippen LogP contribution in [-0.4, -0.2) is 24.5 Å². The number of rotatable bonds is 7. The highest BCUT2D eigenvalue weighted by atomic mass is 15.1. The molecule has 1 aromatic rings. The third-order valence-corrected chi connectivity index (χ3v) is 4.62. The molecule has 2 rings (SSSR count). The second-order valence-corrected chi connectivity index (χ2v) is 6.51. The van der Waals surface area contributed by atoms with Crippen LogP contribution in [0.4, 0.5) is 0 Å². The molecule has 0 aromatic heterocycles. The average molecular weight is 274 g/mol. The van der Waals surface area contributed by atoms with Gasteiger partial charge in [0.15, 0.2) is 0 Å². The van der Waals surface area contributed by atoms with Gasteiger partial charge in [-0.05, 0) is 57.7 Å². The smallest absolute Gasteiger partial charge is 0.0307 e. The highest BCUT2D eigenvalue weighted by Gasteiger charge is 2.20. The fourth-order valence-corrected chi connectivity index (χ4v) is 3.13. The zero-order valence-corrected chi connectivity index (χ0v) is 13.4. The molecule has 1 aromatic carbocycles. The second kappa shape index (κ2) is 7.24. The lowest BCUT2D eigenvalue weighted by Crippen LogP contribution is -2.34. The monoisotopic (exact) mass is 274 g/mol. The molecule has 1 atom stereocenters. The van der Waals surface area contributed by atoms with Crippen molar-refractivity contribution in [2.24, 2.45) is 11.7 Å². The molecule has 0 heterocycles. The van der Waals surface area contributed by atoms with E-state index in [-0.39, 0.29) is 6.04 Å². The molecule has 1 aliphatic rings. The van der Waals surface area contributed by atoms with E-state index in [1.165, 1.54) is 42.5 Å². The van der Waals surface area contributed by atoms with E-state index in [1.54, 1.807) is 0 Å². The van der Waals surface area contributed by atoms with Crippen LogP contribution in [0.1, 0.15) is 55.3 Å². The lowest BCUT2D eigenvalue weighted by Gasteiger charge is -2.32. The van der Waals surface area contributed by atoms with E-state index in [1.807, 2.05) is 0 Å². The summed E-state index contributed by atoms with van der Waals surface area (Å²) in [5, 5.41) is 0. The number of benzene rings is 1. The van der Waals surface area contributed by atoms with Crippen molar-refractivity contribution < 1.29 is 0 Å². The van der Waals surface area contributed by atoms with Crippen LogP contribution in [0.2, 0.25) is 0 Å². The fourth-order valence-electron chi connectivity index (χ4n) is 3.13. The maximum absolute atomic E-state index is 6.39. The van der Waals surface area contributed by atoms with E-state index in [9.17, 15) is 0 Å². The first-order chi connectivity index (χ1) is 9.58. The second-order valence-electron chi connectivity index (χ2n) is 6.51. The number of hydrogen-bond donors (Lipinski definition) is 1. The molecule has 2 N–H and O–H groups in total. The van der Waals surface area contributed by atoms with Crippen LogP contribution in [0.3, 0.4) is 0 Å². The lowest BCUT2D eigenvalue weighted by molar-refractivity contribution is 0.180. The summed E-state index contributed by atoms with van der Waals surface area (Å²) in [6.07, 6.45) is 5.35. The maximum Gasteiger partial charge on any atom is 0.0307 e. The molecule has 0 bridgehead atoms. The van der Waals surface area contributed by atoms with Crippen LogP contribution in [0.5, 0.6) is 0 Å². The molecule has 0 saturated heterocycles. The first kappa shape index (κ1) is 15.5. The highest BCUT2D eigenvalue weighted by Crippen LogP contribution is 2.27. The molecule has 1 aliphatic carbocycles. The van der Waals surface area contributed by atoms with Crippen molar-refractivity contribution in [1.29, 1.82) is 0 Å². The van der Waals surface area contributed by atoms with Crippen LogP contribution in [0, 0.1) is 19.8 Å². The van der Waals surface area contributed by atoms with Gasteiger partial charge in [-0.3, -0.25) is 0 Å². The predicted octanol–water partition coefficient (Wildman–Crippen LogP) is 3.82. The standard InChI is InChI=1S/C18H30N2/c1-4-20(13-16-6-5-7-16)9-8-18(19)17-11-14(2)10-15(3)12-17/h10-12,16,18H,4-9,13,19H2,1-3H3. The average Bonchev–Trinajstić information content (AvgIpc) is 2.35. The Bertz CT molecular complexity index is 403. The molecular weight excluding hydrogens is 244 g/mol.